The van der Waals surface area contributed by atoms with E-state index in [9.17, 15) is 14.7 Å². The number of carboxylic acid groups (broad SMARTS) is 1. The van der Waals surface area contributed by atoms with Crippen molar-refractivity contribution in [1.29, 1.82) is 0 Å². The Kier molecular flexibility index (Phi) is 2.69. The van der Waals surface area contributed by atoms with E-state index >= 15 is 0 Å². The van der Waals surface area contributed by atoms with Crippen LogP contribution in [-0.2, 0) is 9.59 Å². The molecule has 1 N–H and O–H groups in total. The van der Waals surface area contributed by atoms with E-state index in [1.165, 1.54) is 0 Å². The van der Waals surface area contributed by atoms with Gasteiger partial charge in [0.1, 0.15) is 6.04 Å². The van der Waals surface area contributed by atoms with E-state index in [-0.39, 0.29) is 17.7 Å². The molecule has 0 radical (unpaired) electrons. The molecule has 6 atom stereocenters. The first-order chi connectivity index (χ1) is 9.65. The van der Waals surface area contributed by atoms with Gasteiger partial charge in [0, 0.05) is 12.5 Å². The number of hydrogen-bond acceptors (Lipinski definition) is 2. The molecule has 1 aliphatic heterocycles. The van der Waals surface area contributed by atoms with Crippen molar-refractivity contribution in [3.05, 3.63) is 12.2 Å². The second-order valence-electron chi connectivity index (χ2n) is 7.02. The van der Waals surface area contributed by atoms with Gasteiger partial charge in [-0.3, -0.25) is 4.79 Å². The zero-order valence-electron chi connectivity index (χ0n) is 11.6. The molecule has 1 heterocycles. The first-order valence-electron chi connectivity index (χ1n) is 7.86. The van der Waals surface area contributed by atoms with E-state index in [1.54, 1.807) is 4.90 Å². The molecule has 4 rings (SSSR count). The van der Waals surface area contributed by atoms with Gasteiger partial charge in [-0.1, -0.05) is 18.6 Å². The molecule has 0 spiro atoms. The van der Waals surface area contributed by atoms with Crippen LogP contribution < -0.4 is 0 Å². The lowest BCUT2D eigenvalue weighted by Gasteiger charge is -2.29. The van der Waals surface area contributed by atoms with Gasteiger partial charge in [0.25, 0.3) is 0 Å². The van der Waals surface area contributed by atoms with Gasteiger partial charge in [0.05, 0.1) is 0 Å². The van der Waals surface area contributed by atoms with Crippen LogP contribution in [0.15, 0.2) is 12.2 Å². The van der Waals surface area contributed by atoms with E-state index in [1.807, 2.05) is 0 Å². The van der Waals surface area contributed by atoms with Crippen LogP contribution in [0.1, 0.15) is 32.1 Å². The van der Waals surface area contributed by atoms with Crippen LogP contribution in [0.4, 0.5) is 0 Å². The molecule has 1 saturated heterocycles. The number of aliphatic carboxylic acids is 1. The third-order valence-electron chi connectivity index (χ3n) is 6.02. The average molecular weight is 275 g/mol. The normalized spacial score (nSPS) is 45.1. The van der Waals surface area contributed by atoms with Gasteiger partial charge in [-0.2, -0.15) is 0 Å². The summed E-state index contributed by atoms with van der Waals surface area (Å²) in [6, 6.07) is -0.557. The highest BCUT2D eigenvalue weighted by atomic mass is 16.4. The molecule has 20 heavy (non-hydrogen) atoms. The van der Waals surface area contributed by atoms with Crippen LogP contribution in [0.2, 0.25) is 0 Å². The molecule has 3 fully saturated rings. The molecule has 0 aromatic heterocycles. The second-order valence-corrected chi connectivity index (χ2v) is 7.02. The molecule has 0 aromatic rings. The number of hydrogen-bond donors (Lipinski definition) is 1. The summed E-state index contributed by atoms with van der Waals surface area (Å²) in [5, 5.41) is 9.55. The molecule has 6 unspecified atom stereocenters. The lowest BCUT2D eigenvalue weighted by molar-refractivity contribution is -0.151. The summed E-state index contributed by atoms with van der Waals surface area (Å²) in [6.45, 7) is 0.679. The maximum atomic E-state index is 12.8. The highest BCUT2D eigenvalue weighted by molar-refractivity contribution is 5.87. The van der Waals surface area contributed by atoms with Crippen LogP contribution in [0, 0.1) is 29.6 Å². The van der Waals surface area contributed by atoms with E-state index in [2.05, 4.69) is 12.2 Å². The molecule has 1 amide bonds. The molecule has 0 aromatic carbocycles. The van der Waals surface area contributed by atoms with Gasteiger partial charge in [0.2, 0.25) is 5.91 Å². The number of likely N-dealkylation sites (tertiary alicyclic amines) is 1. The number of carboxylic acids is 1. The van der Waals surface area contributed by atoms with Crippen molar-refractivity contribution in [1.82, 2.24) is 4.90 Å². The second kappa shape index (κ2) is 4.34. The van der Waals surface area contributed by atoms with Crippen molar-refractivity contribution in [2.75, 3.05) is 6.54 Å². The maximum Gasteiger partial charge on any atom is 0.326 e. The zero-order valence-corrected chi connectivity index (χ0v) is 11.6. The van der Waals surface area contributed by atoms with Gasteiger partial charge < -0.3 is 10.0 Å². The number of carbonyl (C=O) groups is 2. The Morgan fingerprint density at radius 2 is 2.00 bits per heavy atom. The van der Waals surface area contributed by atoms with Crippen LogP contribution >= 0.6 is 0 Å². The number of nitrogens with zero attached hydrogens (tertiary/aromatic N) is 1. The molecule has 4 nitrogen and oxygen atoms in total. The van der Waals surface area contributed by atoms with Crippen molar-refractivity contribution in [3.63, 3.8) is 0 Å². The van der Waals surface area contributed by atoms with Crippen molar-refractivity contribution in [3.8, 4) is 0 Å². The summed E-state index contributed by atoms with van der Waals surface area (Å²) in [5.41, 5.74) is 0. The fourth-order valence-corrected chi connectivity index (χ4v) is 5.13. The van der Waals surface area contributed by atoms with Crippen molar-refractivity contribution < 1.29 is 14.7 Å². The Hall–Kier alpha value is -1.32. The minimum Gasteiger partial charge on any atom is -0.480 e. The van der Waals surface area contributed by atoms with Crippen LogP contribution in [0.25, 0.3) is 0 Å². The Balaban J connectivity index is 1.56. The third kappa shape index (κ3) is 1.66. The average Bonchev–Trinajstić information content (AvgIpc) is 3.15. The number of carbonyl (C=O) groups excluding carboxylic acids is 1. The van der Waals surface area contributed by atoms with E-state index in [0.717, 1.165) is 32.1 Å². The molecule has 2 bridgehead atoms. The summed E-state index contributed by atoms with van der Waals surface area (Å²) < 4.78 is 0. The van der Waals surface area contributed by atoms with E-state index in [4.69, 9.17) is 0 Å². The van der Waals surface area contributed by atoms with Crippen molar-refractivity contribution in [2.45, 2.75) is 38.1 Å². The molecule has 2 saturated carbocycles. The summed E-state index contributed by atoms with van der Waals surface area (Å²) in [5.74, 6) is 0.905. The largest absolute Gasteiger partial charge is 0.480 e. The monoisotopic (exact) mass is 275 g/mol. The molecule has 4 heteroatoms. The first-order valence-corrected chi connectivity index (χ1v) is 7.86. The van der Waals surface area contributed by atoms with Crippen molar-refractivity contribution >= 4 is 11.9 Å². The fourth-order valence-electron chi connectivity index (χ4n) is 5.13. The molecule has 108 valence electrons. The highest BCUT2D eigenvalue weighted by Gasteiger charge is 2.52. The van der Waals surface area contributed by atoms with Crippen molar-refractivity contribution in [2.24, 2.45) is 29.6 Å². The standard InChI is InChI=1S/C16H21NO3/c18-15(13-7-9-4-5-10(13)6-9)17-8-11-2-1-3-12(11)14(17)16(19)20/h4-5,9-14H,1-3,6-8H2,(H,19,20). The van der Waals surface area contributed by atoms with Crippen LogP contribution in [0.5, 0.6) is 0 Å². The van der Waals surface area contributed by atoms with Gasteiger partial charge in [-0.15, -0.1) is 0 Å². The summed E-state index contributed by atoms with van der Waals surface area (Å²) in [6.07, 6.45) is 9.60. The maximum absolute atomic E-state index is 12.8. The fraction of sp³-hybridized carbons (Fsp3) is 0.750. The smallest absolute Gasteiger partial charge is 0.326 e. The SMILES string of the molecule is O=C(O)C1C2CCCC2CN1C(=O)C1CC2C=CC1C2. The minimum absolute atomic E-state index is 0.0469. The van der Waals surface area contributed by atoms with Gasteiger partial charge >= 0.3 is 5.97 Å². The Bertz CT molecular complexity index is 486. The number of amides is 1. The topological polar surface area (TPSA) is 57.6 Å². The number of rotatable bonds is 2. The Morgan fingerprint density at radius 1 is 1.15 bits per heavy atom. The van der Waals surface area contributed by atoms with E-state index in [0.29, 0.717) is 24.3 Å². The lowest BCUT2D eigenvalue weighted by atomic mass is 9.91. The predicted octanol–water partition coefficient (Wildman–Crippen LogP) is 1.91. The lowest BCUT2D eigenvalue weighted by Crippen LogP contribution is -2.46. The number of allylic oxidation sites excluding steroid dienone is 2. The van der Waals surface area contributed by atoms with Crippen LogP contribution in [0.3, 0.4) is 0 Å². The van der Waals surface area contributed by atoms with Gasteiger partial charge in [0.15, 0.2) is 0 Å². The Morgan fingerprint density at radius 3 is 2.65 bits per heavy atom. The predicted molar refractivity (Wildman–Crippen MR) is 72.8 cm³/mol. The zero-order chi connectivity index (χ0) is 13.9. The molecular formula is C16H21NO3. The molecule has 3 aliphatic carbocycles. The number of fused-ring (bicyclic) bond motifs is 3. The first kappa shape index (κ1) is 12.4. The summed E-state index contributed by atoms with van der Waals surface area (Å²) in [4.78, 5) is 26.2. The van der Waals surface area contributed by atoms with E-state index < -0.39 is 12.0 Å². The third-order valence-corrected chi connectivity index (χ3v) is 6.02. The molecule has 4 aliphatic rings. The highest BCUT2D eigenvalue weighted by Crippen LogP contribution is 2.47. The minimum atomic E-state index is -0.800. The van der Waals surface area contributed by atoms with Gasteiger partial charge in [-0.25, -0.2) is 4.79 Å². The summed E-state index contributed by atoms with van der Waals surface area (Å²) >= 11 is 0. The molecular weight excluding hydrogens is 254 g/mol. The Labute approximate surface area is 118 Å². The summed E-state index contributed by atoms with van der Waals surface area (Å²) in [7, 11) is 0. The van der Waals surface area contributed by atoms with Gasteiger partial charge in [-0.05, 0) is 49.4 Å². The van der Waals surface area contributed by atoms with Crippen LogP contribution in [-0.4, -0.2) is 34.5 Å². The quantitative estimate of drug-likeness (QED) is 0.783.